The van der Waals surface area contributed by atoms with Crippen molar-refractivity contribution in [3.05, 3.63) is 36.4 Å². The summed E-state index contributed by atoms with van der Waals surface area (Å²) in [6.45, 7) is 3.47. The summed E-state index contributed by atoms with van der Waals surface area (Å²) in [5.41, 5.74) is 1.74. The average molecular weight is 383 g/mol. The van der Waals surface area contributed by atoms with E-state index in [0.29, 0.717) is 38.0 Å². The van der Waals surface area contributed by atoms with Crippen LogP contribution in [-0.2, 0) is 4.79 Å². The molecular formula is C22H29N3O3. The first kappa shape index (κ1) is 20.1. The van der Waals surface area contributed by atoms with Crippen LogP contribution in [0.25, 0.3) is 11.3 Å². The Bertz CT molecular complexity index is 726. The quantitative estimate of drug-likeness (QED) is 0.663. The molecule has 0 radical (unpaired) electrons. The Labute approximate surface area is 166 Å². The zero-order valence-electron chi connectivity index (χ0n) is 16.5. The van der Waals surface area contributed by atoms with E-state index in [-0.39, 0.29) is 5.91 Å². The van der Waals surface area contributed by atoms with Gasteiger partial charge in [0.15, 0.2) is 0 Å². The van der Waals surface area contributed by atoms with E-state index < -0.39 is 0 Å². The molecule has 6 heteroatoms. The topological polar surface area (TPSA) is 73.3 Å². The number of carbonyl (C=O) groups excluding carboxylic acids is 1. The summed E-state index contributed by atoms with van der Waals surface area (Å²) >= 11 is 0. The Hall–Kier alpha value is -2.63. The molecule has 28 heavy (non-hydrogen) atoms. The summed E-state index contributed by atoms with van der Waals surface area (Å²) in [6, 6.07) is 11.4. The molecule has 1 amide bonds. The second-order valence-corrected chi connectivity index (χ2v) is 7.12. The molecule has 0 unspecified atom stereocenters. The highest BCUT2D eigenvalue weighted by Gasteiger charge is 2.16. The largest absolute Gasteiger partial charge is 0.494 e. The predicted octanol–water partition coefficient (Wildman–Crippen LogP) is 4.01. The third-order valence-electron chi connectivity index (χ3n) is 4.97. The van der Waals surface area contributed by atoms with Crippen molar-refractivity contribution in [3.8, 4) is 22.9 Å². The molecule has 1 aromatic carbocycles. The number of benzene rings is 1. The van der Waals surface area contributed by atoms with Crippen LogP contribution in [0.4, 0.5) is 0 Å². The van der Waals surface area contributed by atoms with Gasteiger partial charge in [-0.3, -0.25) is 4.79 Å². The number of hydrogen-bond acceptors (Lipinski definition) is 5. The van der Waals surface area contributed by atoms with Gasteiger partial charge in [-0.1, -0.05) is 19.3 Å². The van der Waals surface area contributed by atoms with Crippen molar-refractivity contribution in [1.82, 2.24) is 15.5 Å². The molecule has 0 bridgehead atoms. The molecule has 150 valence electrons. The number of aromatic nitrogens is 2. The normalized spacial score (nSPS) is 14.5. The molecular weight excluding hydrogens is 354 g/mol. The fraction of sp³-hybridized carbons (Fsp3) is 0.500. The van der Waals surface area contributed by atoms with E-state index in [2.05, 4.69) is 15.5 Å². The van der Waals surface area contributed by atoms with Crippen LogP contribution in [0.2, 0.25) is 0 Å². The highest BCUT2D eigenvalue weighted by Crippen LogP contribution is 2.26. The standard InChI is InChI=1S/C22H29N3O3/c1-2-27-19-10-8-18(9-11-19)20-12-13-22(25-24-20)28-15-14-23-21(26)16-17-6-4-3-5-7-17/h8-13,17H,2-7,14-16H2,1H3,(H,23,26). The lowest BCUT2D eigenvalue weighted by Crippen LogP contribution is -2.30. The van der Waals surface area contributed by atoms with Crippen LogP contribution >= 0.6 is 0 Å². The molecule has 1 aromatic heterocycles. The maximum Gasteiger partial charge on any atom is 0.233 e. The molecule has 0 spiro atoms. The van der Waals surface area contributed by atoms with Gasteiger partial charge in [0.05, 0.1) is 18.8 Å². The van der Waals surface area contributed by atoms with Crippen LogP contribution in [0.5, 0.6) is 11.6 Å². The zero-order chi connectivity index (χ0) is 19.6. The average Bonchev–Trinajstić information content (AvgIpc) is 2.73. The van der Waals surface area contributed by atoms with Gasteiger partial charge in [0.25, 0.3) is 0 Å². The van der Waals surface area contributed by atoms with Crippen molar-refractivity contribution in [2.24, 2.45) is 5.92 Å². The summed E-state index contributed by atoms with van der Waals surface area (Å²) in [4.78, 5) is 12.0. The van der Waals surface area contributed by atoms with Crippen LogP contribution in [0, 0.1) is 5.92 Å². The van der Waals surface area contributed by atoms with Crippen molar-refractivity contribution in [2.45, 2.75) is 45.4 Å². The van der Waals surface area contributed by atoms with Crippen LogP contribution in [0.1, 0.15) is 45.4 Å². The highest BCUT2D eigenvalue weighted by atomic mass is 16.5. The molecule has 0 saturated heterocycles. The van der Waals surface area contributed by atoms with E-state index in [4.69, 9.17) is 9.47 Å². The number of nitrogens with zero attached hydrogens (tertiary/aromatic N) is 2. The first-order valence-corrected chi connectivity index (χ1v) is 10.2. The Kier molecular flexibility index (Phi) is 7.64. The van der Waals surface area contributed by atoms with E-state index in [1.54, 1.807) is 6.07 Å². The molecule has 3 rings (SSSR count). The fourth-order valence-electron chi connectivity index (χ4n) is 3.51. The van der Waals surface area contributed by atoms with Gasteiger partial charge in [-0.25, -0.2) is 0 Å². The van der Waals surface area contributed by atoms with Gasteiger partial charge in [-0.2, -0.15) is 0 Å². The number of amides is 1. The summed E-state index contributed by atoms with van der Waals surface area (Å²) in [5.74, 6) is 1.96. The Morgan fingerprint density at radius 1 is 1.04 bits per heavy atom. The number of rotatable bonds is 9. The molecule has 6 nitrogen and oxygen atoms in total. The maximum absolute atomic E-state index is 12.0. The van der Waals surface area contributed by atoms with E-state index in [1.165, 1.54) is 32.1 Å². The van der Waals surface area contributed by atoms with Crippen LogP contribution in [0.15, 0.2) is 36.4 Å². The van der Waals surface area contributed by atoms with E-state index in [1.807, 2.05) is 37.3 Å². The zero-order valence-corrected chi connectivity index (χ0v) is 16.5. The summed E-state index contributed by atoms with van der Waals surface area (Å²) in [5, 5.41) is 11.2. The first-order chi connectivity index (χ1) is 13.7. The third kappa shape index (κ3) is 6.22. The SMILES string of the molecule is CCOc1ccc(-c2ccc(OCCNC(=O)CC3CCCCC3)nn2)cc1. The minimum absolute atomic E-state index is 0.118. The first-order valence-electron chi connectivity index (χ1n) is 10.2. The van der Waals surface area contributed by atoms with Crippen molar-refractivity contribution in [3.63, 3.8) is 0 Å². The van der Waals surface area contributed by atoms with Gasteiger partial charge < -0.3 is 14.8 Å². The van der Waals surface area contributed by atoms with E-state index in [9.17, 15) is 4.79 Å². The number of carbonyl (C=O) groups is 1. The molecule has 1 heterocycles. The molecule has 1 aliphatic carbocycles. The van der Waals surface area contributed by atoms with Crippen molar-refractivity contribution >= 4 is 5.91 Å². The molecule has 2 aromatic rings. The number of hydrogen-bond donors (Lipinski definition) is 1. The van der Waals surface area contributed by atoms with Crippen LogP contribution < -0.4 is 14.8 Å². The van der Waals surface area contributed by atoms with Gasteiger partial charge >= 0.3 is 0 Å². The minimum Gasteiger partial charge on any atom is -0.494 e. The molecule has 0 aliphatic heterocycles. The monoisotopic (exact) mass is 383 g/mol. The van der Waals surface area contributed by atoms with Gasteiger partial charge in [-0.15, -0.1) is 10.2 Å². The minimum atomic E-state index is 0.118. The summed E-state index contributed by atoms with van der Waals surface area (Å²) in [7, 11) is 0. The Morgan fingerprint density at radius 3 is 2.50 bits per heavy atom. The summed E-state index contributed by atoms with van der Waals surface area (Å²) in [6.07, 6.45) is 6.82. The van der Waals surface area contributed by atoms with Crippen LogP contribution in [-0.4, -0.2) is 35.9 Å². The highest BCUT2D eigenvalue weighted by molar-refractivity contribution is 5.76. The van der Waals surface area contributed by atoms with Crippen molar-refractivity contribution in [1.29, 1.82) is 0 Å². The Morgan fingerprint density at radius 2 is 1.82 bits per heavy atom. The third-order valence-corrected chi connectivity index (χ3v) is 4.97. The lowest BCUT2D eigenvalue weighted by molar-refractivity contribution is -0.122. The molecule has 0 atom stereocenters. The van der Waals surface area contributed by atoms with Crippen molar-refractivity contribution in [2.75, 3.05) is 19.8 Å². The second-order valence-electron chi connectivity index (χ2n) is 7.12. The fourth-order valence-corrected chi connectivity index (χ4v) is 3.51. The maximum atomic E-state index is 12.0. The van der Waals surface area contributed by atoms with Crippen LogP contribution in [0.3, 0.4) is 0 Å². The van der Waals surface area contributed by atoms with Gasteiger partial charge in [0, 0.05) is 18.1 Å². The smallest absolute Gasteiger partial charge is 0.233 e. The number of ether oxygens (including phenoxy) is 2. The second kappa shape index (κ2) is 10.6. The molecule has 1 N–H and O–H groups in total. The van der Waals surface area contributed by atoms with Crippen molar-refractivity contribution < 1.29 is 14.3 Å². The van der Waals surface area contributed by atoms with E-state index in [0.717, 1.165) is 17.0 Å². The lowest BCUT2D eigenvalue weighted by atomic mass is 9.87. The van der Waals surface area contributed by atoms with E-state index >= 15 is 0 Å². The molecule has 1 aliphatic rings. The lowest BCUT2D eigenvalue weighted by Gasteiger charge is -2.20. The number of nitrogens with one attached hydrogen (secondary N) is 1. The van der Waals surface area contributed by atoms with Gasteiger partial charge in [-0.05, 0) is 56.0 Å². The van der Waals surface area contributed by atoms with Gasteiger partial charge in [0.2, 0.25) is 11.8 Å². The summed E-state index contributed by atoms with van der Waals surface area (Å²) < 4.78 is 11.0. The molecule has 1 fully saturated rings. The predicted molar refractivity (Wildman–Crippen MR) is 108 cm³/mol. The molecule has 1 saturated carbocycles. The Balaban J connectivity index is 1.38. The van der Waals surface area contributed by atoms with Gasteiger partial charge in [0.1, 0.15) is 12.4 Å².